The van der Waals surface area contributed by atoms with E-state index in [9.17, 15) is 9.18 Å². The van der Waals surface area contributed by atoms with E-state index in [2.05, 4.69) is 15.2 Å². The van der Waals surface area contributed by atoms with Gasteiger partial charge >= 0.3 is 6.09 Å². The average molecular weight is 396 g/mol. The van der Waals surface area contributed by atoms with Gasteiger partial charge in [0, 0.05) is 5.41 Å². The predicted molar refractivity (Wildman–Crippen MR) is 100 cm³/mol. The van der Waals surface area contributed by atoms with Crippen LogP contribution in [-0.2, 0) is 4.74 Å². The second kappa shape index (κ2) is 7.13. The Bertz CT molecular complexity index is 807. The van der Waals surface area contributed by atoms with Crippen LogP contribution in [-0.4, -0.2) is 42.2 Å². The first-order valence-corrected chi connectivity index (χ1v) is 9.86. The molecule has 0 aliphatic carbocycles. The molecule has 3 aliphatic rings. The molecule has 8 heteroatoms. The number of nitrogens with zero attached hydrogens (tertiary/aromatic N) is 2. The first kappa shape index (κ1) is 17.7. The first-order chi connectivity index (χ1) is 12.5. The zero-order valence-electron chi connectivity index (χ0n) is 14.1. The van der Waals surface area contributed by atoms with Crippen molar-refractivity contribution in [3.63, 3.8) is 0 Å². The van der Waals surface area contributed by atoms with Crippen LogP contribution in [0.25, 0.3) is 10.4 Å². The molecule has 5 nitrogen and oxygen atoms in total. The lowest BCUT2D eigenvalue weighted by molar-refractivity contribution is -0.0190. The van der Waals surface area contributed by atoms with E-state index in [0.717, 1.165) is 38.9 Å². The number of carbonyl (C=O) groups excluding carboxylic acids is 1. The molecule has 1 N–H and O–H groups in total. The summed E-state index contributed by atoms with van der Waals surface area (Å²) in [6.45, 7) is 3.71. The van der Waals surface area contributed by atoms with Crippen molar-refractivity contribution >= 4 is 34.8 Å². The molecule has 4 heterocycles. The van der Waals surface area contributed by atoms with E-state index >= 15 is 0 Å². The molecule has 2 bridgehead atoms. The fraction of sp³-hybridized carbons (Fsp3) is 0.444. The topological polar surface area (TPSA) is 54.5 Å². The zero-order valence-corrected chi connectivity index (χ0v) is 15.7. The lowest BCUT2D eigenvalue weighted by atomic mass is 9.73. The minimum absolute atomic E-state index is 0.0344. The summed E-state index contributed by atoms with van der Waals surface area (Å²) in [7, 11) is 0. The van der Waals surface area contributed by atoms with Crippen LogP contribution in [0.5, 0.6) is 0 Å². The van der Waals surface area contributed by atoms with Crippen molar-refractivity contribution in [2.75, 3.05) is 31.6 Å². The van der Waals surface area contributed by atoms with Crippen molar-refractivity contribution in [2.24, 2.45) is 5.41 Å². The summed E-state index contributed by atoms with van der Waals surface area (Å²) in [5.74, 6) is -0.0784. The molecule has 3 aliphatic heterocycles. The van der Waals surface area contributed by atoms with Gasteiger partial charge < -0.3 is 9.64 Å². The van der Waals surface area contributed by atoms with Gasteiger partial charge in [-0.05, 0) is 56.6 Å². The Hall–Kier alpha value is -1.70. The number of amides is 1. The molecule has 0 spiro atoms. The highest BCUT2D eigenvalue weighted by Gasteiger charge is 2.40. The van der Waals surface area contributed by atoms with Crippen LogP contribution in [0.15, 0.2) is 23.7 Å². The molecule has 26 heavy (non-hydrogen) atoms. The standard InChI is InChI=1S/C18H19ClFN3O2S/c19-13-9-12(1-2-14(13)20)15-16(21-11-26-15)22-17(24)25-10-18-3-6-23(7-4-18)8-5-18/h1-2,9,11H,3-8,10H2,(H,22,24). The van der Waals surface area contributed by atoms with Crippen molar-refractivity contribution < 1.29 is 13.9 Å². The van der Waals surface area contributed by atoms with Crippen molar-refractivity contribution in [1.29, 1.82) is 0 Å². The summed E-state index contributed by atoms with van der Waals surface area (Å²) >= 11 is 7.20. The maximum atomic E-state index is 13.4. The van der Waals surface area contributed by atoms with E-state index in [1.807, 2.05) is 0 Å². The van der Waals surface area contributed by atoms with E-state index in [-0.39, 0.29) is 10.4 Å². The fourth-order valence-electron chi connectivity index (χ4n) is 3.64. The van der Waals surface area contributed by atoms with Gasteiger partial charge in [-0.1, -0.05) is 17.7 Å². The second-order valence-electron chi connectivity index (χ2n) is 6.95. The van der Waals surface area contributed by atoms with Gasteiger partial charge in [-0.3, -0.25) is 5.32 Å². The van der Waals surface area contributed by atoms with Crippen LogP contribution in [0.3, 0.4) is 0 Å². The molecule has 0 atom stereocenters. The number of hydrogen-bond acceptors (Lipinski definition) is 5. The molecule has 1 aromatic heterocycles. The molecule has 0 radical (unpaired) electrons. The highest BCUT2D eigenvalue weighted by Crippen LogP contribution is 2.40. The van der Waals surface area contributed by atoms with Crippen LogP contribution < -0.4 is 5.32 Å². The number of aromatic nitrogens is 1. The quantitative estimate of drug-likeness (QED) is 0.819. The molecule has 3 fully saturated rings. The van der Waals surface area contributed by atoms with Gasteiger partial charge in [0.05, 0.1) is 22.0 Å². The summed E-state index contributed by atoms with van der Waals surface area (Å²) in [6, 6.07) is 4.43. The Balaban J connectivity index is 1.40. The minimum Gasteiger partial charge on any atom is -0.449 e. The molecule has 2 aromatic rings. The van der Waals surface area contributed by atoms with Crippen molar-refractivity contribution in [1.82, 2.24) is 9.88 Å². The maximum Gasteiger partial charge on any atom is 0.412 e. The smallest absolute Gasteiger partial charge is 0.412 e. The number of benzene rings is 1. The third-order valence-electron chi connectivity index (χ3n) is 5.35. The number of anilines is 1. The lowest BCUT2D eigenvalue weighted by Crippen LogP contribution is -2.50. The number of thiazole rings is 1. The van der Waals surface area contributed by atoms with Gasteiger partial charge in [0.15, 0.2) is 5.82 Å². The number of carbonyl (C=O) groups is 1. The SMILES string of the molecule is O=C(Nc1ncsc1-c1ccc(F)c(Cl)c1)OCC12CCN(CC1)CC2. The molecular weight excluding hydrogens is 377 g/mol. The Kier molecular flexibility index (Phi) is 4.86. The molecule has 0 saturated carbocycles. The number of rotatable bonds is 4. The highest BCUT2D eigenvalue weighted by molar-refractivity contribution is 7.13. The number of nitrogens with one attached hydrogen (secondary N) is 1. The van der Waals surface area contributed by atoms with Crippen molar-refractivity contribution in [3.8, 4) is 10.4 Å². The third-order valence-corrected chi connectivity index (χ3v) is 6.52. The normalized spacial score (nSPS) is 24.5. The largest absolute Gasteiger partial charge is 0.449 e. The van der Waals surface area contributed by atoms with Gasteiger partial charge in [-0.25, -0.2) is 14.2 Å². The molecule has 1 aromatic carbocycles. The number of fused-ring (bicyclic) bond motifs is 3. The fourth-order valence-corrected chi connectivity index (χ4v) is 4.56. The zero-order chi connectivity index (χ0) is 18.1. The summed E-state index contributed by atoms with van der Waals surface area (Å²) in [5, 5.41) is 2.74. The molecule has 5 rings (SSSR count). The Morgan fingerprint density at radius 2 is 2.08 bits per heavy atom. The second-order valence-corrected chi connectivity index (χ2v) is 8.21. The van der Waals surface area contributed by atoms with Crippen LogP contribution in [0, 0.1) is 11.2 Å². The van der Waals surface area contributed by atoms with Gasteiger partial charge in [0.25, 0.3) is 0 Å². The van der Waals surface area contributed by atoms with E-state index in [1.165, 1.54) is 23.5 Å². The number of ether oxygens (including phenoxy) is 1. The van der Waals surface area contributed by atoms with Gasteiger partial charge in [-0.2, -0.15) is 0 Å². The molecule has 0 unspecified atom stereocenters. The van der Waals surface area contributed by atoms with Crippen LogP contribution in [0.1, 0.15) is 19.3 Å². The van der Waals surface area contributed by atoms with Gasteiger partial charge in [0.1, 0.15) is 5.82 Å². The first-order valence-electron chi connectivity index (χ1n) is 8.60. The van der Waals surface area contributed by atoms with Gasteiger partial charge in [-0.15, -0.1) is 11.3 Å². The molecule has 3 saturated heterocycles. The number of hydrogen-bond donors (Lipinski definition) is 1. The van der Waals surface area contributed by atoms with E-state index in [4.69, 9.17) is 16.3 Å². The van der Waals surface area contributed by atoms with Gasteiger partial charge in [0.2, 0.25) is 0 Å². The van der Waals surface area contributed by atoms with E-state index in [0.29, 0.717) is 22.9 Å². The third kappa shape index (κ3) is 3.56. The van der Waals surface area contributed by atoms with Crippen LogP contribution in [0.2, 0.25) is 5.02 Å². The Labute approximate surface area is 160 Å². The van der Waals surface area contributed by atoms with Crippen molar-refractivity contribution in [2.45, 2.75) is 19.3 Å². The summed E-state index contributed by atoms with van der Waals surface area (Å²) in [5.41, 5.74) is 2.45. The highest BCUT2D eigenvalue weighted by atomic mass is 35.5. The molecular formula is C18H19ClFN3O2S. The summed E-state index contributed by atoms with van der Waals surface area (Å²) in [4.78, 5) is 19.6. The monoisotopic (exact) mass is 395 g/mol. The lowest BCUT2D eigenvalue weighted by Gasteiger charge is -2.47. The Morgan fingerprint density at radius 1 is 1.35 bits per heavy atom. The van der Waals surface area contributed by atoms with Crippen LogP contribution in [0.4, 0.5) is 15.0 Å². The maximum absolute atomic E-state index is 13.4. The summed E-state index contributed by atoms with van der Waals surface area (Å²) in [6.07, 6.45) is 2.73. The van der Waals surface area contributed by atoms with Crippen LogP contribution >= 0.6 is 22.9 Å². The van der Waals surface area contributed by atoms with E-state index < -0.39 is 11.9 Å². The molecule has 1 amide bonds. The number of piperidine rings is 3. The minimum atomic E-state index is -0.507. The van der Waals surface area contributed by atoms with Crippen molar-refractivity contribution in [3.05, 3.63) is 34.5 Å². The average Bonchev–Trinajstić information content (AvgIpc) is 3.12. The number of halogens is 2. The Morgan fingerprint density at radius 3 is 2.77 bits per heavy atom. The predicted octanol–water partition coefficient (Wildman–Crippen LogP) is 4.64. The van der Waals surface area contributed by atoms with E-state index in [1.54, 1.807) is 11.6 Å². The summed E-state index contributed by atoms with van der Waals surface area (Å²) < 4.78 is 18.9. The molecule has 138 valence electrons.